The molecule has 0 aliphatic carbocycles. The van der Waals surface area contributed by atoms with Crippen LogP contribution in [0.4, 0.5) is 14.5 Å². The molecule has 0 atom stereocenters. The van der Waals surface area contributed by atoms with E-state index in [4.69, 9.17) is 5.73 Å². The molecular formula is C25H27F2N5O. The molecule has 1 aliphatic heterocycles. The molecule has 2 heterocycles. The number of aryl methyl sites for hydroxylation is 2. The van der Waals surface area contributed by atoms with Crippen molar-refractivity contribution in [2.45, 2.75) is 26.7 Å². The molecule has 1 fully saturated rings. The number of imidazole rings is 1. The summed E-state index contributed by atoms with van der Waals surface area (Å²) in [5.74, 6) is -1.59. The molecule has 33 heavy (non-hydrogen) atoms. The monoisotopic (exact) mass is 451 g/mol. The lowest BCUT2D eigenvalue weighted by Crippen LogP contribution is -2.51. The summed E-state index contributed by atoms with van der Waals surface area (Å²) in [5.41, 5.74) is 10.6. The van der Waals surface area contributed by atoms with Gasteiger partial charge in [0.15, 0.2) is 0 Å². The summed E-state index contributed by atoms with van der Waals surface area (Å²) in [6.45, 7) is 4.90. The van der Waals surface area contributed by atoms with Crippen LogP contribution < -0.4 is 10.7 Å². The Morgan fingerprint density at radius 3 is 2.55 bits per heavy atom. The molecule has 1 amide bonds. The molecule has 2 N–H and O–H groups in total. The second-order valence-corrected chi connectivity index (χ2v) is 8.21. The first-order valence-electron chi connectivity index (χ1n) is 10.9. The van der Waals surface area contributed by atoms with E-state index in [1.54, 1.807) is 11.3 Å². The Kier molecular flexibility index (Phi) is 6.55. The van der Waals surface area contributed by atoms with Crippen molar-refractivity contribution in [2.75, 3.05) is 24.6 Å². The van der Waals surface area contributed by atoms with Crippen LogP contribution in [0.1, 0.15) is 29.7 Å². The second kappa shape index (κ2) is 9.54. The number of rotatable bonds is 6. The number of amides is 1. The minimum Gasteiger partial charge on any atom is -0.329 e. The smallest absolute Gasteiger partial charge is 0.268 e. The summed E-state index contributed by atoms with van der Waals surface area (Å²) < 4.78 is 29.6. The van der Waals surface area contributed by atoms with Gasteiger partial charge in [-0.1, -0.05) is 6.07 Å². The minimum atomic E-state index is -0.698. The molecule has 8 heteroatoms. The average Bonchev–Trinajstić information content (AvgIpc) is 3.19. The van der Waals surface area contributed by atoms with E-state index in [-0.39, 0.29) is 24.7 Å². The lowest BCUT2D eigenvalue weighted by molar-refractivity contribution is -0.129. The van der Waals surface area contributed by atoms with Gasteiger partial charge < -0.3 is 10.3 Å². The second-order valence-electron chi connectivity index (χ2n) is 8.21. The predicted molar refractivity (Wildman–Crippen MR) is 125 cm³/mol. The van der Waals surface area contributed by atoms with Crippen LogP contribution in [0.25, 0.3) is 11.8 Å². The number of benzene rings is 2. The number of carbonyl (C=O) groups excluding carboxylic acids is 1. The SMILES string of the molecule is Cc1cn(-c2ccc(/C=C3\CCCN(N(CCN)c4cc(F)cc(F)c4)C3=O)cc2C)cn1. The fourth-order valence-electron chi connectivity index (χ4n) is 4.17. The van der Waals surface area contributed by atoms with Crippen molar-refractivity contribution in [2.24, 2.45) is 5.73 Å². The number of halogens is 2. The Hall–Kier alpha value is -3.52. The van der Waals surface area contributed by atoms with Crippen LogP contribution in [0.5, 0.6) is 0 Å². The zero-order valence-electron chi connectivity index (χ0n) is 18.8. The van der Waals surface area contributed by atoms with E-state index in [2.05, 4.69) is 4.98 Å². The normalized spacial score (nSPS) is 15.4. The highest BCUT2D eigenvalue weighted by Gasteiger charge is 2.28. The third-order valence-electron chi connectivity index (χ3n) is 5.65. The van der Waals surface area contributed by atoms with Crippen molar-refractivity contribution < 1.29 is 13.6 Å². The minimum absolute atomic E-state index is 0.189. The van der Waals surface area contributed by atoms with Gasteiger partial charge in [-0.25, -0.2) is 18.8 Å². The molecule has 1 aliphatic rings. The molecule has 0 saturated carbocycles. The van der Waals surface area contributed by atoms with Gasteiger partial charge in [0.05, 0.1) is 24.3 Å². The predicted octanol–water partition coefficient (Wildman–Crippen LogP) is 4.15. The van der Waals surface area contributed by atoms with E-state index in [1.165, 1.54) is 17.1 Å². The van der Waals surface area contributed by atoms with Gasteiger partial charge in [0, 0.05) is 36.6 Å². The summed E-state index contributed by atoms with van der Waals surface area (Å²) in [5, 5.41) is 3.10. The fraction of sp³-hybridized carbons (Fsp3) is 0.280. The molecule has 6 nitrogen and oxygen atoms in total. The van der Waals surface area contributed by atoms with Gasteiger partial charge in [0.25, 0.3) is 5.91 Å². The van der Waals surface area contributed by atoms with E-state index in [0.717, 1.165) is 35.0 Å². The van der Waals surface area contributed by atoms with Crippen molar-refractivity contribution in [3.8, 4) is 5.69 Å². The maximum atomic E-state index is 13.8. The molecule has 0 radical (unpaired) electrons. The summed E-state index contributed by atoms with van der Waals surface area (Å²) in [4.78, 5) is 17.6. The highest BCUT2D eigenvalue weighted by Crippen LogP contribution is 2.27. The molecule has 172 valence electrons. The molecular weight excluding hydrogens is 424 g/mol. The maximum Gasteiger partial charge on any atom is 0.268 e. The summed E-state index contributed by atoms with van der Waals surface area (Å²) in [6.07, 6.45) is 6.99. The lowest BCUT2D eigenvalue weighted by Gasteiger charge is -2.39. The van der Waals surface area contributed by atoms with Gasteiger partial charge in [-0.2, -0.15) is 0 Å². The average molecular weight is 452 g/mol. The van der Waals surface area contributed by atoms with Gasteiger partial charge in [-0.05, 0) is 68.2 Å². The summed E-state index contributed by atoms with van der Waals surface area (Å²) in [6, 6.07) is 9.24. The third kappa shape index (κ3) is 4.96. The Morgan fingerprint density at radius 1 is 1.15 bits per heavy atom. The third-order valence-corrected chi connectivity index (χ3v) is 5.65. The number of carbonyl (C=O) groups is 1. The van der Waals surface area contributed by atoms with E-state index < -0.39 is 11.6 Å². The first kappa shape index (κ1) is 22.7. The molecule has 1 saturated heterocycles. The summed E-state index contributed by atoms with van der Waals surface area (Å²) in [7, 11) is 0. The van der Waals surface area contributed by atoms with Gasteiger partial charge in [-0.15, -0.1) is 0 Å². The molecule has 0 spiro atoms. The van der Waals surface area contributed by atoms with Crippen LogP contribution in [0.15, 0.2) is 54.5 Å². The van der Waals surface area contributed by atoms with Crippen LogP contribution in [-0.2, 0) is 4.79 Å². The first-order chi connectivity index (χ1) is 15.9. The van der Waals surface area contributed by atoms with Crippen LogP contribution >= 0.6 is 0 Å². The van der Waals surface area contributed by atoms with Crippen molar-refractivity contribution in [3.63, 3.8) is 0 Å². The Bertz CT molecular complexity index is 1180. The maximum absolute atomic E-state index is 13.8. The Morgan fingerprint density at radius 2 is 1.91 bits per heavy atom. The van der Waals surface area contributed by atoms with Gasteiger partial charge >= 0.3 is 0 Å². The van der Waals surface area contributed by atoms with Crippen molar-refractivity contribution >= 4 is 17.7 Å². The molecule has 0 bridgehead atoms. The van der Waals surface area contributed by atoms with E-state index in [0.29, 0.717) is 18.5 Å². The number of hydrogen-bond donors (Lipinski definition) is 1. The number of nitrogens with two attached hydrogens (primary N) is 1. The number of hydrazine groups is 1. The largest absolute Gasteiger partial charge is 0.329 e. The van der Waals surface area contributed by atoms with Crippen LogP contribution in [0.3, 0.4) is 0 Å². The van der Waals surface area contributed by atoms with Crippen LogP contribution in [-0.4, -0.2) is 40.1 Å². The Balaban J connectivity index is 1.61. The van der Waals surface area contributed by atoms with Crippen molar-refractivity contribution in [1.82, 2.24) is 14.6 Å². The van der Waals surface area contributed by atoms with Gasteiger partial charge in [0.1, 0.15) is 11.6 Å². The lowest BCUT2D eigenvalue weighted by atomic mass is 10.0. The van der Waals surface area contributed by atoms with Crippen molar-refractivity contribution in [3.05, 3.63) is 83.0 Å². The highest BCUT2D eigenvalue weighted by atomic mass is 19.1. The van der Waals surface area contributed by atoms with Crippen LogP contribution in [0.2, 0.25) is 0 Å². The molecule has 4 rings (SSSR count). The highest BCUT2D eigenvalue weighted by molar-refractivity contribution is 5.99. The van der Waals surface area contributed by atoms with Gasteiger partial charge in [-0.3, -0.25) is 9.80 Å². The fourth-order valence-corrected chi connectivity index (χ4v) is 4.17. The number of nitrogens with zero attached hydrogens (tertiary/aromatic N) is 4. The standard InChI is InChI=1S/C25H27F2N5O/c1-17-10-19(5-6-24(17)30-15-18(2)29-16-30)11-20-4-3-8-32(25(20)33)31(9-7-28)23-13-21(26)12-22(27)14-23/h5-6,10-16H,3-4,7-9,28H2,1-2H3/b20-11+. The van der Waals surface area contributed by atoms with Crippen LogP contribution in [0, 0.1) is 25.5 Å². The summed E-state index contributed by atoms with van der Waals surface area (Å²) >= 11 is 0. The zero-order valence-corrected chi connectivity index (χ0v) is 18.8. The number of hydrogen-bond acceptors (Lipinski definition) is 4. The number of anilines is 1. The molecule has 2 aromatic carbocycles. The molecule has 3 aromatic rings. The quantitative estimate of drug-likeness (QED) is 0.572. The Labute approximate surface area is 191 Å². The topological polar surface area (TPSA) is 67.4 Å². The van der Waals surface area contributed by atoms with E-state index in [1.807, 2.05) is 48.9 Å². The van der Waals surface area contributed by atoms with E-state index in [9.17, 15) is 13.6 Å². The number of aromatic nitrogens is 2. The van der Waals surface area contributed by atoms with Gasteiger partial charge in [0.2, 0.25) is 0 Å². The van der Waals surface area contributed by atoms with Crippen molar-refractivity contribution in [1.29, 1.82) is 0 Å². The molecule has 0 unspecified atom stereocenters. The molecule has 1 aromatic heterocycles. The first-order valence-corrected chi connectivity index (χ1v) is 10.9. The van der Waals surface area contributed by atoms with E-state index >= 15 is 0 Å². The number of piperidine rings is 1. The zero-order chi connectivity index (χ0) is 23.5.